The van der Waals surface area contributed by atoms with Crippen LogP contribution in [0.5, 0.6) is 0 Å². The maximum Gasteiger partial charge on any atom is 0.0734 e. The molecule has 1 aromatic heterocycles. The molecular weight excluding hydrogens is 198 g/mol. The second-order valence-electron chi connectivity index (χ2n) is 2.93. The fourth-order valence-electron chi connectivity index (χ4n) is 1.25. The van der Waals surface area contributed by atoms with E-state index in [4.69, 9.17) is 5.73 Å². The fourth-order valence-corrected chi connectivity index (χ4v) is 1.25. The zero-order valence-electron chi connectivity index (χ0n) is 7.84. The van der Waals surface area contributed by atoms with E-state index >= 15 is 0 Å². The second kappa shape index (κ2) is 4.15. The average molecular weight is 210 g/mol. The Labute approximate surface area is 89.0 Å². The maximum atomic E-state index is 5.69. The van der Waals surface area contributed by atoms with Crippen molar-refractivity contribution in [3.05, 3.63) is 42.2 Å². The van der Waals surface area contributed by atoms with Gasteiger partial charge in [0.15, 0.2) is 0 Å². The molecule has 74 valence electrons. The molecule has 0 aliphatic rings. The summed E-state index contributed by atoms with van der Waals surface area (Å²) in [4.78, 5) is 0. The van der Waals surface area contributed by atoms with E-state index in [9.17, 15) is 0 Å². The Morgan fingerprint density at radius 3 is 2.36 bits per heavy atom. The quantitative estimate of drug-likeness (QED) is 0.783. The lowest BCUT2D eigenvalue weighted by molar-refractivity contribution is 0.847. The molecule has 0 atom stereocenters. The minimum atomic E-state index is 0. The largest absolute Gasteiger partial charge is 0.396 e. The minimum Gasteiger partial charge on any atom is -0.396 e. The van der Waals surface area contributed by atoms with E-state index in [-0.39, 0.29) is 12.4 Å². The summed E-state index contributed by atoms with van der Waals surface area (Å²) in [5.74, 6) is 0. The van der Waals surface area contributed by atoms with Crippen LogP contribution in [0.15, 0.2) is 36.5 Å². The normalized spacial score (nSPS) is 9.50. The summed E-state index contributed by atoms with van der Waals surface area (Å²) in [6, 6.07) is 9.93. The molecule has 3 nitrogen and oxygen atoms in total. The maximum absolute atomic E-state index is 5.69. The molecule has 14 heavy (non-hydrogen) atoms. The minimum absolute atomic E-state index is 0. The molecule has 2 rings (SSSR count). The fraction of sp³-hybridized carbons (Fsp3) is 0.100. The highest BCUT2D eigenvalue weighted by Crippen LogP contribution is 2.14. The molecule has 0 aliphatic heterocycles. The molecule has 0 spiro atoms. The van der Waals surface area contributed by atoms with E-state index in [0.29, 0.717) is 0 Å². The molecule has 4 heteroatoms. The van der Waals surface area contributed by atoms with E-state index in [2.05, 4.69) is 5.10 Å². The Morgan fingerprint density at radius 1 is 1.21 bits per heavy atom. The van der Waals surface area contributed by atoms with Crippen LogP contribution in [-0.2, 0) is 0 Å². The van der Waals surface area contributed by atoms with Gasteiger partial charge in [0.05, 0.1) is 23.3 Å². The molecule has 1 heterocycles. The number of nitrogens with two attached hydrogens (primary N) is 1. The third-order valence-electron chi connectivity index (χ3n) is 2.05. The monoisotopic (exact) mass is 209 g/mol. The highest BCUT2D eigenvalue weighted by Gasteiger charge is 2.03. The first-order chi connectivity index (χ1) is 6.29. The van der Waals surface area contributed by atoms with Gasteiger partial charge in [-0.1, -0.05) is 18.2 Å². The number of aromatic nitrogens is 2. The molecule has 0 radical (unpaired) electrons. The Morgan fingerprint density at radius 2 is 1.86 bits per heavy atom. The van der Waals surface area contributed by atoms with Crippen molar-refractivity contribution < 1.29 is 0 Å². The SMILES string of the molecule is Cc1c(N)cnn1-c1ccccc1.Cl. The topological polar surface area (TPSA) is 43.8 Å². The summed E-state index contributed by atoms with van der Waals surface area (Å²) in [6.07, 6.45) is 1.67. The summed E-state index contributed by atoms with van der Waals surface area (Å²) in [7, 11) is 0. The summed E-state index contributed by atoms with van der Waals surface area (Å²) in [6.45, 7) is 1.95. The number of nitrogens with zero attached hydrogens (tertiary/aromatic N) is 2. The van der Waals surface area contributed by atoms with Crippen LogP contribution in [0.1, 0.15) is 5.69 Å². The van der Waals surface area contributed by atoms with Crippen LogP contribution in [0.2, 0.25) is 0 Å². The third-order valence-corrected chi connectivity index (χ3v) is 2.05. The highest BCUT2D eigenvalue weighted by molar-refractivity contribution is 5.85. The number of para-hydroxylation sites is 1. The Bertz CT molecular complexity index is 409. The zero-order chi connectivity index (χ0) is 9.26. The zero-order valence-corrected chi connectivity index (χ0v) is 8.66. The van der Waals surface area contributed by atoms with Crippen LogP contribution in [0.4, 0.5) is 5.69 Å². The van der Waals surface area contributed by atoms with Gasteiger partial charge in [0.1, 0.15) is 0 Å². The summed E-state index contributed by atoms with van der Waals surface area (Å²) in [5.41, 5.74) is 8.44. The summed E-state index contributed by atoms with van der Waals surface area (Å²) < 4.78 is 1.83. The van der Waals surface area contributed by atoms with Crippen molar-refractivity contribution in [3.8, 4) is 5.69 Å². The Balaban J connectivity index is 0.000000980. The first-order valence-corrected chi connectivity index (χ1v) is 4.14. The predicted molar refractivity (Wildman–Crippen MR) is 60.0 cm³/mol. The summed E-state index contributed by atoms with van der Waals surface area (Å²) >= 11 is 0. The van der Waals surface area contributed by atoms with Gasteiger partial charge in [-0.15, -0.1) is 12.4 Å². The molecule has 1 aromatic carbocycles. The van der Waals surface area contributed by atoms with E-state index in [1.807, 2.05) is 41.9 Å². The Kier molecular flexibility index (Phi) is 3.14. The van der Waals surface area contributed by atoms with Crippen molar-refractivity contribution in [2.45, 2.75) is 6.92 Å². The first kappa shape index (κ1) is 10.6. The molecular formula is C10H12ClN3. The lowest BCUT2D eigenvalue weighted by Crippen LogP contribution is -1.98. The number of nitrogen functional groups attached to an aromatic ring is 1. The predicted octanol–water partition coefficient (Wildman–Crippen LogP) is 2.18. The van der Waals surface area contributed by atoms with Crippen LogP contribution in [0, 0.1) is 6.92 Å². The number of anilines is 1. The second-order valence-corrected chi connectivity index (χ2v) is 2.93. The van der Waals surface area contributed by atoms with Crippen molar-refractivity contribution in [1.29, 1.82) is 0 Å². The smallest absolute Gasteiger partial charge is 0.0734 e. The lowest BCUT2D eigenvalue weighted by atomic mass is 10.3. The van der Waals surface area contributed by atoms with Crippen LogP contribution in [0.25, 0.3) is 5.69 Å². The van der Waals surface area contributed by atoms with Crippen LogP contribution in [-0.4, -0.2) is 9.78 Å². The van der Waals surface area contributed by atoms with Gasteiger partial charge in [0.25, 0.3) is 0 Å². The molecule has 2 aromatic rings. The molecule has 0 amide bonds. The van der Waals surface area contributed by atoms with E-state index in [0.717, 1.165) is 17.1 Å². The van der Waals surface area contributed by atoms with Gasteiger partial charge < -0.3 is 5.73 Å². The number of hydrogen-bond acceptors (Lipinski definition) is 2. The van der Waals surface area contributed by atoms with Crippen molar-refractivity contribution in [2.75, 3.05) is 5.73 Å². The van der Waals surface area contributed by atoms with Gasteiger partial charge >= 0.3 is 0 Å². The standard InChI is InChI=1S/C10H11N3.ClH/c1-8-10(11)7-12-13(8)9-5-3-2-4-6-9;/h2-7H,11H2,1H3;1H. The van der Waals surface area contributed by atoms with Crippen molar-refractivity contribution in [2.24, 2.45) is 0 Å². The molecule has 2 N–H and O–H groups in total. The first-order valence-electron chi connectivity index (χ1n) is 4.14. The van der Waals surface area contributed by atoms with Crippen molar-refractivity contribution in [3.63, 3.8) is 0 Å². The van der Waals surface area contributed by atoms with Gasteiger partial charge in [-0.3, -0.25) is 0 Å². The van der Waals surface area contributed by atoms with Crippen LogP contribution >= 0.6 is 12.4 Å². The average Bonchev–Trinajstić information content (AvgIpc) is 2.49. The third kappa shape index (κ3) is 1.72. The van der Waals surface area contributed by atoms with E-state index in [1.165, 1.54) is 0 Å². The molecule has 0 bridgehead atoms. The van der Waals surface area contributed by atoms with Crippen molar-refractivity contribution >= 4 is 18.1 Å². The summed E-state index contributed by atoms with van der Waals surface area (Å²) in [5, 5.41) is 4.18. The van der Waals surface area contributed by atoms with E-state index in [1.54, 1.807) is 6.20 Å². The molecule has 0 aliphatic carbocycles. The molecule has 0 fully saturated rings. The number of halogens is 1. The van der Waals surface area contributed by atoms with E-state index < -0.39 is 0 Å². The Hall–Kier alpha value is -1.48. The van der Waals surface area contributed by atoms with Gasteiger partial charge in [0, 0.05) is 0 Å². The van der Waals surface area contributed by atoms with Gasteiger partial charge in [0.2, 0.25) is 0 Å². The molecule has 0 unspecified atom stereocenters. The van der Waals surface area contributed by atoms with Crippen LogP contribution in [0.3, 0.4) is 0 Å². The molecule has 0 saturated carbocycles. The number of benzene rings is 1. The van der Waals surface area contributed by atoms with Gasteiger partial charge in [-0.2, -0.15) is 5.10 Å². The molecule has 0 saturated heterocycles. The van der Waals surface area contributed by atoms with Gasteiger partial charge in [-0.05, 0) is 19.1 Å². The highest BCUT2D eigenvalue weighted by atomic mass is 35.5. The number of rotatable bonds is 1. The van der Waals surface area contributed by atoms with Gasteiger partial charge in [-0.25, -0.2) is 4.68 Å². The van der Waals surface area contributed by atoms with Crippen molar-refractivity contribution in [1.82, 2.24) is 9.78 Å². The lowest BCUT2D eigenvalue weighted by Gasteiger charge is -2.02. The van der Waals surface area contributed by atoms with Crippen LogP contribution < -0.4 is 5.73 Å². The number of hydrogen-bond donors (Lipinski definition) is 1.